The number of carbonyl (C=O) groups excluding carboxylic acids is 3. The van der Waals surface area contributed by atoms with Crippen LogP contribution in [0.1, 0.15) is 262 Å². The average molecular weight is 1490 g/mol. The van der Waals surface area contributed by atoms with Crippen LogP contribution in [0.25, 0.3) is 22.1 Å². The van der Waals surface area contributed by atoms with Crippen molar-refractivity contribution in [1.82, 2.24) is 30.0 Å². The Hall–Kier alpha value is -4.19. The number of rotatable bonds is 15. The van der Waals surface area contributed by atoms with Crippen molar-refractivity contribution in [3.05, 3.63) is 24.3 Å². The summed E-state index contributed by atoms with van der Waals surface area (Å²) in [7, 11) is 6.47. The standard InChI is InChI=1S/2C31H45N3O4.C23H37BrO2.CH4/c1-6-31-14-13-29(2,36)17-19(31)7-8-21-22-9-10-24(30(22,3)12-11-23(21)31)26(35)18-34-25-15-20(37-4)16-27(38-5)28(25)32-33-34;1-6-31-14-13-29(2,36)17-19(31)7-8-21-22-9-10-24(30(22,3)12-11-23(21)31)26(35)18-34-32-25-15-20(37-4)16-27(38-5)28(25)33-34;1-4-23-12-11-21(2,26)13-15(23)5-6-16-17-7-8-19(20(25)14-24)22(17,3)10-9-18(16)23;/h2*15-16,19,21-24,36H,6-14,17-18H2,1-5H3;15-19,26H,4-14H2,1-3H3;1H4/t2*19-,21-,22-,23-,24+,29+,30-,31-;15-,16-,17-,18-,19+,21+,22-,23-;/m000./s1. The van der Waals surface area contributed by atoms with Gasteiger partial charge in [-0.3, -0.25) is 14.4 Å². The minimum atomic E-state index is -0.496. The van der Waals surface area contributed by atoms with E-state index in [1.807, 2.05) is 26.0 Å². The van der Waals surface area contributed by atoms with E-state index in [2.05, 4.69) is 84.9 Å². The fourth-order valence-corrected chi connectivity index (χ4v) is 29.2. The van der Waals surface area contributed by atoms with E-state index in [0.717, 1.165) is 119 Å². The highest BCUT2D eigenvalue weighted by Crippen LogP contribution is 2.73. The van der Waals surface area contributed by atoms with Gasteiger partial charge in [0.2, 0.25) is 0 Å². The molecule has 24 atom stereocenters. The Bertz CT molecular complexity index is 3740. The van der Waals surface area contributed by atoms with Crippen molar-refractivity contribution in [3.63, 3.8) is 0 Å². The van der Waals surface area contributed by atoms with Crippen molar-refractivity contribution < 1.29 is 48.7 Å². The molecule has 2 aromatic carbocycles. The molecule has 0 aliphatic heterocycles. The van der Waals surface area contributed by atoms with Crippen LogP contribution in [0.15, 0.2) is 24.3 Å². The second-order valence-electron chi connectivity index (χ2n) is 37.7. The fourth-order valence-electron chi connectivity index (χ4n) is 28.8. The molecule has 3 N–H and O–H groups in total. The van der Waals surface area contributed by atoms with Crippen LogP contribution in [0.5, 0.6) is 23.0 Å². The Morgan fingerprint density at radius 3 is 1.23 bits per heavy atom. The number of Topliss-reactive ketones (excluding diaryl/α,β-unsaturated/α-hetero) is 3. The molecule has 12 aliphatic carbocycles. The number of aliphatic hydroxyl groups is 3. The van der Waals surface area contributed by atoms with Gasteiger partial charge in [0.1, 0.15) is 35.9 Å². The number of hydrogen-bond donors (Lipinski definition) is 3. The van der Waals surface area contributed by atoms with Crippen molar-refractivity contribution in [2.45, 2.75) is 292 Å². The molecule has 0 bridgehead atoms. The predicted octanol–water partition coefficient (Wildman–Crippen LogP) is 18.0. The molecule has 16 rings (SSSR count). The van der Waals surface area contributed by atoms with Crippen LogP contribution in [-0.2, 0) is 27.5 Å². The zero-order valence-corrected chi connectivity index (χ0v) is 66.2. The number of methoxy groups -OCH3 is 4. The minimum Gasteiger partial charge on any atom is -0.497 e. The molecule has 572 valence electrons. The van der Waals surface area contributed by atoms with Gasteiger partial charge in [-0.25, -0.2) is 4.68 Å². The number of carbonyl (C=O) groups is 3. The molecule has 2 aromatic heterocycles. The van der Waals surface area contributed by atoms with Crippen LogP contribution in [-0.4, -0.2) is 113 Å². The zero-order valence-electron chi connectivity index (χ0n) is 64.6. The largest absolute Gasteiger partial charge is 0.497 e. The van der Waals surface area contributed by atoms with Gasteiger partial charge >= 0.3 is 0 Å². The first-order valence-electron chi connectivity index (χ1n) is 40.8. The van der Waals surface area contributed by atoms with Gasteiger partial charge in [-0.1, -0.05) is 70.1 Å². The van der Waals surface area contributed by atoms with E-state index in [4.69, 9.17) is 18.9 Å². The highest BCUT2D eigenvalue weighted by molar-refractivity contribution is 9.09. The van der Waals surface area contributed by atoms with E-state index < -0.39 is 16.8 Å². The molecular weight excluding hydrogens is 1360 g/mol. The van der Waals surface area contributed by atoms with Crippen LogP contribution < -0.4 is 18.9 Å². The Morgan fingerprint density at radius 2 is 0.845 bits per heavy atom. The van der Waals surface area contributed by atoms with Gasteiger partial charge in [0.05, 0.1) is 56.1 Å². The summed E-state index contributed by atoms with van der Waals surface area (Å²) in [5.41, 5.74) is 2.93. The second kappa shape index (κ2) is 28.7. The van der Waals surface area contributed by atoms with E-state index in [1.165, 1.54) is 109 Å². The molecule has 0 unspecified atom stereocenters. The van der Waals surface area contributed by atoms with Crippen molar-refractivity contribution in [1.29, 1.82) is 0 Å². The summed E-state index contributed by atoms with van der Waals surface area (Å²) < 4.78 is 23.5. The number of hydrogen-bond acceptors (Lipinski definition) is 14. The maximum Gasteiger partial charge on any atom is 0.159 e. The fraction of sp³-hybridized carbons (Fsp3) is 0.826. The molecular formula is C86H131BrN6O10. The smallest absolute Gasteiger partial charge is 0.159 e. The summed E-state index contributed by atoms with van der Waals surface area (Å²) in [4.78, 5) is 41.9. The topological polar surface area (TPSA) is 210 Å². The summed E-state index contributed by atoms with van der Waals surface area (Å²) >= 11 is 3.44. The van der Waals surface area contributed by atoms with Crippen LogP contribution in [0, 0.1) is 121 Å². The summed E-state index contributed by atoms with van der Waals surface area (Å²) in [6, 6.07) is 7.33. The first-order valence-corrected chi connectivity index (χ1v) is 41.9. The predicted molar refractivity (Wildman–Crippen MR) is 408 cm³/mol. The third-order valence-electron chi connectivity index (χ3n) is 33.8. The minimum absolute atomic E-state index is 0. The molecule has 0 saturated heterocycles. The molecule has 0 amide bonds. The van der Waals surface area contributed by atoms with E-state index in [9.17, 15) is 29.7 Å². The third kappa shape index (κ3) is 12.9. The van der Waals surface area contributed by atoms with Crippen molar-refractivity contribution in [2.75, 3.05) is 33.8 Å². The third-order valence-corrected chi connectivity index (χ3v) is 34.3. The summed E-state index contributed by atoms with van der Waals surface area (Å²) in [5, 5.41) is 50.9. The molecule has 4 aromatic rings. The van der Waals surface area contributed by atoms with Gasteiger partial charge < -0.3 is 34.3 Å². The molecule has 16 nitrogen and oxygen atoms in total. The highest BCUT2D eigenvalue weighted by atomic mass is 79.9. The van der Waals surface area contributed by atoms with Gasteiger partial charge in [-0.15, -0.1) is 10.2 Å². The van der Waals surface area contributed by atoms with Crippen molar-refractivity contribution in [2.24, 2.45) is 121 Å². The molecule has 12 saturated carbocycles. The maximum absolute atomic E-state index is 13.9. The number of benzene rings is 2. The van der Waals surface area contributed by atoms with Crippen molar-refractivity contribution >= 4 is 55.3 Å². The molecule has 2 heterocycles. The first-order chi connectivity index (χ1) is 48.6. The molecule has 17 heteroatoms. The quantitative estimate of drug-likeness (QED) is 0.0946. The lowest BCUT2D eigenvalue weighted by atomic mass is 9.42. The maximum atomic E-state index is 13.9. The molecule has 12 aliphatic rings. The summed E-state index contributed by atoms with van der Waals surface area (Å²) in [6.07, 6.45) is 34.7. The molecule has 0 spiro atoms. The SMILES string of the molecule is C.CC[C@]12CC[C@@](C)(O)C[C@@H]1CC[C@H]1[C@@H]3CC[C@H](C(=O)CBr)[C@@]3(C)CC[C@@H]12.CC[C@]12CC[C@@](C)(O)C[C@@H]1CC[C@H]1[C@@H]3CC[C@H](C(=O)Cn4nc5cc(OC)cc(OC)c5n4)[C@@]3(C)CC[C@@H]12.CC[C@]12CC[C@@](C)(O)C[C@@H]1CC[C@H]1[C@@H]3CC[C@H](C(=O)Cn4nnc5c(OC)cc(OC)cc54)[C@@]3(C)CC[C@@H]12. The van der Waals surface area contributed by atoms with E-state index >= 15 is 0 Å². The zero-order chi connectivity index (χ0) is 72.5. The van der Waals surface area contributed by atoms with Gasteiger partial charge in [-0.05, 0) is 317 Å². The Balaban J connectivity index is 0.000000140. The van der Waals surface area contributed by atoms with Crippen molar-refractivity contribution in [3.8, 4) is 23.0 Å². The lowest BCUT2D eigenvalue weighted by Crippen LogP contribution is -2.56. The normalized spacial score (nSPS) is 43.3. The Kier molecular flexibility index (Phi) is 21.4. The van der Waals surface area contributed by atoms with Gasteiger partial charge in [0, 0.05) is 42.0 Å². The number of alkyl halides is 1. The van der Waals surface area contributed by atoms with E-state index in [1.54, 1.807) is 50.1 Å². The lowest BCUT2D eigenvalue weighted by Gasteiger charge is -2.63. The lowest BCUT2D eigenvalue weighted by molar-refractivity contribution is -0.158. The second-order valence-corrected chi connectivity index (χ2v) is 38.3. The first kappa shape index (κ1) is 77.0. The van der Waals surface area contributed by atoms with E-state index in [0.29, 0.717) is 108 Å². The van der Waals surface area contributed by atoms with Crippen LogP contribution in [0.2, 0.25) is 0 Å². The van der Waals surface area contributed by atoms with Gasteiger partial charge in [0.25, 0.3) is 0 Å². The number of nitrogens with zero attached hydrogens (tertiary/aromatic N) is 6. The highest BCUT2D eigenvalue weighted by Gasteiger charge is 2.66. The van der Waals surface area contributed by atoms with Gasteiger partial charge in [0.15, 0.2) is 34.1 Å². The average Bonchev–Trinajstić information content (AvgIpc) is 1.67. The number of ether oxygens (including phenoxy) is 4. The number of halogens is 1. The molecule has 103 heavy (non-hydrogen) atoms. The monoisotopic (exact) mass is 1490 g/mol. The van der Waals surface area contributed by atoms with Gasteiger partial charge in [-0.2, -0.15) is 9.90 Å². The molecule has 0 radical (unpaired) electrons. The molecule has 12 fully saturated rings. The number of fused-ring (bicyclic) bond motifs is 17. The number of aromatic nitrogens is 6. The van der Waals surface area contributed by atoms with Crippen LogP contribution >= 0.6 is 15.9 Å². The van der Waals surface area contributed by atoms with E-state index in [-0.39, 0.29) is 66.1 Å². The number of ketones is 3. The summed E-state index contributed by atoms with van der Waals surface area (Å²) in [5.74, 6) is 12.5. The van der Waals surface area contributed by atoms with Crippen LogP contribution in [0.3, 0.4) is 0 Å². The Morgan fingerprint density at radius 1 is 0.456 bits per heavy atom. The van der Waals surface area contributed by atoms with Crippen LogP contribution in [0.4, 0.5) is 0 Å². The Labute approximate surface area is 625 Å². The summed E-state index contributed by atoms with van der Waals surface area (Å²) in [6.45, 7) is 21.1.